The van der Waals surface area contributed by atoms with E-state index in [9.17, 15) is 5.11 Å². The molecule has 0 saturated carbocycles. The third-order valence-electron chi connectivity index (χ3n) is 2.59. The maximum absolute atomic E-state index is 10.3. The van der Waals surface area contributed by atoms with Crippen molar-refractivity contribution in [2.45, 2.75) is 12.5 Å². The van der Waals surface area contributed by atoms with Gasteiger partial charge in [-0.2, -0.15) is 0 Å². The number of nitrogens with zero attached hydrogens (tertiary/aromatic N) is 1. The van der Waals surface area contributed by atoms with Crippen molar-refractivity contribution in [2.24, 2.45) is 0 Å². The molecule has 0 fully saturated rings. The summed E-state index contributed by atoms with van der Waals surface area (Å²) in [4.78, 5) is 3.93. The SMILES string of the molecule is OC(Cc1ccncc1Cl)c1cc(I)ccc1Br. The number of halogens is 3. The lowest BCUT2D eigenvalue weighted by atomic mass is 10.0. The highest BCUT2D eigenvalue weighted by Gasteiger charge is 2.14. The van der Waals surface area contributed by atoms with Crippen LogP contribution < -0.4 is 0 Å². The average molecular weight is 438 g/mol. The summed E-state index contributed by atoms with van der Waals surface area (Å²) in [6.45, 7) is 0. The molecular formula is C13H10BrClINO. The molecule has 1 unspecified atom stereocenters. The largest absolute Gasteiger partial charge is 0.388 e. The summed E-state index contributed by atoms with van der Waals surface area (Å²) in [5.74, 6) is 0. The van der Waals surface area contributed by atoms with Gasteiger partial charge in [0.15, 0.2) is 0 Å². The highest BCUT2D eigenvalue weighted by atomic mass is 127. The maximum atomic E-state index is 10.3. The quantitative estimate of drug-likeness (QED) is 0.722. The van der Waals surface area contributed by atoms with E-state index in [0.717, 1.165) is 19.2 Å². The first-order chi connectivity index (χ1) is 8.58. The zero-order chi connectivity index (χ0) is 13.1. The third kappa shape index (κ3) is 3.44. The van der Waals surface area contributed by atoms with Crippen molar-refractivity contribution >= 4 is 50.1 Å². The third-order valence-corrected chi connectivity index (χ3v) is 4.32. The summed E-state index contributed by atoms with van der Waals surface area (Å²) in [6.07, 6.45) is 3.15. The molecule has 0 aliphatic rings. The lowest BCUT2D eigenvalue weighted by molar-refractivity contribution is 0.177. The van der Waals surface area contributed by atoms with E-state index in [1.807, 2.05) is 24.3 Å². The van der Waals surface area contributed by atoms with Crippen molar-refractivity contribution in [3.05, 3.63) is 60.9 Å². The van der Waals surface area contributed by atoms with Crippen LogP contribution in [0.2, 0.25) is 5.02 Å². The van der Waals surface area contributed by atoms with Crippen LogP contribution in [0.25, 0.3) is 0 Å². The Hall–Kier alpha value is -0.170. The smallest absolute Gasteiger partial charge is 0.0842 e. The van der Waals surface area contributed by atoms with Crippen LogP contribution in [-0.4, -0.2) is 10.1 Å². The van der Waals surface area contributed by atoms with Gasteiger partial charge < -0.3 is 5.11 Å². The van der Waals surface area contributed by atoms with Gasteiger partial charge in [-0.15, -0.1) is 0 Å². The van der Waals surface area contributed by atoms with Crippen LogP contribution in [0.15, 0.2) is 41.1 Å². The molecule has 1 heterocycles. The first-order valence-corrected chi connectivity index (χ1v) is 7.54. The van der Waals surface area contributed by atoms with Gasteiger partial charge in [0.2, 0.25) is 0 Å². The van der Waals surface area contributed by atoms with Crippen molar-refractivity contribution in [1.29, 1.82) is 0 Å². The van der Waals surface area contributed by atoms with Crippen molar-refractivity contribution in [3.63, 3.8) is 0 Å². The predicted octanol–water partition coefficient (Wildman–Crippen LogP) is 4.38. The Bertz CT molecular complexity index is 564. The van der Waals surface area contributed by atoms with Crippen molar-refractivity contribution < 1.29 is 5.11 Å². The Balaban J connectivity index is 2.25. The number of pyridine rings is 1. The monoisotopic (exact) mass is 437 g/mol. The fourth-order valence-corrected chi connectivity index (χ4v) is 2.88. The van der Waals surface area contributed by atoms with E-state index >= 15 is 0 Å². The van der Waals surface area contributed by atoms with Crippen LogP contribution in [0.1, 0.15) is 17.2 Å². The number of aliphatic hydroxyl groups is 1. The Morgan fingerprint density at radius 2 is 2.17 bits per heavy atom. The molecule has 0 radical (unpaired) electrons. The van der Waals surface area contributed by atoms with E-state index in [2.05, 4.69) is 43.5 Å². The van der Waals surface area contributed by atoms with Gasteiger partial charge in [-0.25, -0.2) is 0 Å². The van der Waals surface area contributed by atoms with Gasteiger partial charge in [0.1, 0.15) is 0 Å². The summed E-state index contributed by atoms with van der Waals surface area (Å²) in [5.41, 5.74) is 1.76. The molecule has 0 aliphatic carbocycles. The standard InChI is InChI=1S/C13H10BrClINO/c14-11-2-1-9(16)6-10(11)13(18)5-8-3-4-17-7-12(8)15/h1-4,6-7,13,18H,5H2. The molecule has 0 amide bonds. The highest BCUT2D eigenvalue weighted by Crippen LogP contribution is 2.29. The second kappa shape index (κ2) is 6.32. The minimum absolute atomic E-state index is 0.472. The number of hydrogen-bond donors (Lipinski definition) is 1. The molecule has 94 valence electrons. The number of rotatable bonds is 3. The molecule has 2 rings (SSSR count). The second-order valence-electron chi connectivity index (χ2n) is 3.85. The summed E-state index contributed by atoms with van der Waals surface area (Å²) in [6, 6.07) is 7.71. The van der Waals surface area contributed by atoms with Gasteiger partial charge in [0.05, 0.1) is 11.1 Å². The van der Waals surface area contributed by atoms with Crippen molar-refractivity contribution in [2.75, 3.05) is 0 Å². The van der Waals surface area contributed by atoms with Gasteiger partial charge in [0.25, 0.3) is 0 Å². The van der Waals surface area contributed by atoms with Gasteiger partial charge in [-0.05, 0) is 58.0 Å². The van der Waals surface area contributed by atoms with Gasteiger partial charge in [0, 0.05) is 26.9 Å². The van der Waals surface area contributed by atoms with E-state index in [4.69, 9.17) is 11.6 Å². The van der Waals surface area contributed by atoms with Crippen molar-refractivity contribution in [3.8, 4) is 0 Å². The average Bonchev–Trinajstić information content (AvgIpc) is 2.35. The normalized spacial score (nSPS) is 12.4. The summed E-state index contributed by atoms with van der Waals surface area (Å²) in [5, 5.41) is 10.9. The zero-order valence-electron chi connectivity index (χ0n) is 9.28. The van der Waals surface area contributed by atoms with Gasteiger partial charge in [-0.3, -0.25) is 4.98 Å². The van der Waals surface area contributed by atoms with Gasteiger partial charge >= 0.3 is 0 Å². The molecule has 0 bridgehead atoms. The van der Waals surface area contributed by atoms with E-state index < -0.39 is 6.10 Å². The predicted molar refractivity (Wildman–Crippen MR) is 84.8 cm³/mol. The van der Waals surface area contributed by atoms with Crippen LogP contribution in [0.3, 0.4) is 0 Å². The fourth-order valence-electron chi connectivity index (χ4n) is 1.66. The Morgan fingerprint density at radius 3 is 2.89 bits per heavy atom. The molecule has 1 N–H and O–H groups in total. The minimum atomic E-state index is -0.589. The Morgan fingerprint density at radius 1 is 1.39 bits per heavy atom. The number of benzene rings is 1. The lowest BCUT2D eigenvalue weighted by Crippen LogP contribution is -2.04. The van der Waals surface area contributed by atoms with Crippen molar-refractivity contribution in [1.82, 2.24) is 4.98 Å². The van der Waals surface area contributed by atoms with E-state index in [1.165, 1.54) is 0 Å². The molecule has 2 aromatic rings. The molecular weight excluding hydrogens is 428 g/mol. The topological polar surface area (TPSA) is 33.1 Å². The Labute approximate surface area is 133 Å². The minimum Gasteiger partial charge on any atom is -0.388 e. The molecule has 0 aliphatic heterocycles. The lowest BCUT2D eigenvalue weighted by Gasteiger charge is -2.14. The summed E-state index contributed by atoms with van der Waals surface area (Å²) < 4.78 is 1.99. The molecule has 2 nitrogen and oxygen atoms in total. The van der Waals surface area contributed by atoms with E-state index in [-0.39, 0.29) is 0 Å². The van der Waals surface area contributed by atoms with E-state index in [0.29, 0.717) is 11.4 Å². The van der Waals surface area contributed by atoms with Crippen LogP contribution >= 0.6 is 50.1 Å². The van der Waals surface area contributed by atoms with Crippen LogP contribution in [0.4, 0.5) is 0 Å². The molecule has 0 spiro atoms. The summed E-state index contributed by atoms with van der Waals surface area (Å²) >= 11 is 11.7. The Kier molecular flexibility index (Phi) is 5.00. The van der Waals surface area contributed by atoms with Crippen LogP contribution in [0.5, 0.6) is 0 Å². The van der Waals surface area contributed by atoms with Crippen LogP contribution in [0, 0.1) is 3.57 Å². The summed E-state index contributed by atoms with van der Waals surface area (Å²) in [7, 11) is 0. The first-order valence-electron chi connectivity index (χ1n) is 5.29. The van der Waals surface area contributed by atoms with Crippen LogP contribution in [-0.2, 0) is 6.42 Å². The molecule has 1 aromatic carbocycles. The molecule has 1 aromatic heterocycles. The van der Waals surface area contributed by atoms with Gasteiger partial charge in [-0.1, -0.05) is 27.5 Å². The zero-order valence-corrected chi connectivity index (χ0v) is 13.8. The molecule has 18 heavy (non-hydrogen) atoms. The molecule has 1 atom stereocenters. The second-order valence-corrected chi connectivity index (χ2v) is 6.36. The molecule has 0 saturated heterocycles. The molecule has 5 heteroatoms. The fraction of sp³-hybridized carbons (Fsp3) is 0.154. The number of aromatic nitrogens is 1. The number of aliphatic hydroxyl groups excluding tert-OH is 1. The number of hydrogen-bond acceptors (Lipinski definition) is 2. The van der Waals surface area contributed by atoms with E-state index in [1.54, 1.807) is 12.4 Å². The first kappa shape index (κ1) is 14.2. The maximum Gasteiger partial charge on any atom is 0.0842 e. The highest BCUT2D eigenvalue weighted by molar-refractivity contribution is 14.1.